The lowest BCUT2D eigenvalue weighted by Crippen LogP contribution is -2.15. The van der Waals surface area contributed by atoms with Crippen molar-refractivity contribution in [1.82, 2.24) is 24.7 Å². The molecule has 8 nitrogen and oxygen atoms in total. The molecule has 4 heterocycles. The van der Waals surface area contributed by atoms with Crippen LogP contribution in [0.25, 0.3) is 22.2 Å². The minimum absolute atomic E-state index is 0.0196. The monoisotopic (exact) mass is 314 g/mol. The first-order chi connectivity index (χ1) is 11.2. The summed E-state index contributed by atoms with van der Waals surface area (Å²) in [4.78, 5) is 8.51. The molecule has 0 amide bonds. The van der Waals surface area contributed by atoms with Crippen LogP contribution in [-0.4, -0.2) is 42.5 Å². The number of nitrogens with two attached hydrogens (primary N) is 1. The maximum atomic E-state index is 9.37. The number of fused-ring (bicyclic) bond motifs is 1. The number of anilines is 1. The first kappa shape index (κ1) is 14.2. The highest BCUT2D eigenvalue weighted by atomic mass is 16.5. The van der Waals surface area contributed by atoms with E-state index in [-0.39, 0.29) is 24.9 Å². The third kappa shape index (κ3) is 2.18. The van der Waals surface area contributed by atoms with Crippen LogP contribution in [0.2, 0.25) is 0 Å². The van der Waals surface area contributed by atoms with Crippen LogP contribution in [0, 0.1) is 5.92 Å². The minimum Gasteiger partial charge on any atom is -0.394 e. The Hall–Kier alpha value is -2.45. The number of aromatic nitrogens is 5. The van der Waals surface area contributed by atoms with Gasteiger partial charge in [-0.05, 0) is 6.42 Å². The van der Waals surface area contributed by atoms with Crippen LogP contribution in [0.3, 0.4) is 0 Å². The predicted molar refractivity (Wildman–Crippen MR) is 84.3 cm³/mol. The van der Waals surface area contributed by atoms with E-state index in [1.165, 1.54) is 6.33 Å². The van der Waals surface area contributed by atoms with Crippen LogP contribution in [0.5, 0.6) is 0 Å². The number of H-pyrrole nitrogens is 1. The van der Waals surface area contributed by atoms with Crippen molar-refractivity contribution >= 4 is 16.9 Å². The summed E-state index contributed by atoms with van der Waals surface area (Å²) in [6, 6.07) is 0. The van der Waals surface area contributed by atoms with E-state index in [1.807, 2.05) is 10.8 Å². The molecule has 1 saturated heterocycles. The summed E-state index contributed by atoms with van der Waals surface area (Å²) in [6.45, 7) is 2.12. The van der Waals surface area contributed by atoms with E-state index >= 15 is 0 Å². The van der Waals surface area contributed by atoms with E-state index in [2.05, 4.69) is 27.1 Å². The van der Waals surface area contributed by atoms with Crippen LogP contribution in [0.15, 0.2) is 24.9 Å². The van der Waals surface area contributed by atoms with Crippen LogP contribution in [0.4, 0.5) is 5.82 Å². The van der Waals surface area contributed by atoms with Gasteiger partial charge in [0.2, 0.25) is 0 Å². The molecule has 120 valence electrons. The quantitative estimate of drug-likeness (QED) is 0.671. The van der Waals surface area contributed by atoms with Crippen LogP contribution in [-0.2, 0) is 4.74 Å². The van der Waals surface area contributed by atoms with Crippen molar-refractivity contribution < 1.29 is 9.84 Å². The molecule has 3 aromatic heterocycles. The average Bonchev–Trinajstić information content (AvgIpc) is 3.25. The van der Waals surface area contributed by atoms with Gasteiger partial charge in [-0.2, -0.15) is 5.10 Å². The molecule has 0 saturated carbocycles. The molecule has 1 fully saturated rings. The number of nitrogens with zero attached hydrogens (tertiary/aromatic N) is 4. The van der Waals surface area contributed by atoms with Crippen molar-refractivity contribution in [2.75, 3.05) is 12.3 Å². The lowest BCUT2D eigenvalue weighted by molar-refractivity contribution is -0.0291. The first-order valence-electron chi connectivity index (χ1n) is 7.55. The third-order valence-electron chi connectivity index (χ3n) is 4.38. The van der Waals surface area contributed by atoms with Gasteiger partial charge in [0.15, 0.2) is 0 Å². The van der Waals surface area contributed by atoms with Gasteiger partial charge in [0.25, 0.3) is 0 Å². The van der Waals surface area contributed by atoms with Gasteiger partial charge in [-0.15, -0.1) is 0 Å². The molecule has 0 bridgehead atoms. The highest BCUT2D eigenvalue weighted by Crippen LogP contribution is 2.40. The predicted octanol–water partition coefficient (Wildman–Crippen LogP) is 1.32. The fourth-order valence-corrected chi connectivity index (χ4v) is 3.29. The normalized spacial score (nSPS) is 24.5. The zero-order valence-electron chi connectivity index (χ0n) is 12.7. The Morgan fingerprint density at radius 3 is 3.04 bits per heavy atom. The fraction of sp³-hybridized carbons (Fsp3) is 0.400. The molecule has 0 radical (unpaired) electrons. The van der Waals surface area contributed by atoms with Gasteiger partial charge in [0, 0.05) is 29.4 Å². The van der Waals surface area contributed by atoms with E-state index in [4.69, 9.17) is 10.5 Å². The number of rotatable bonds is 3. The number of nitrogen functional groups attached to an aromatic ring is 1. The summed E-state index contributed by atoms with van der Waals surface area (Å²) >= 11 is 0. The summed E-state index contributed by atoms with van der Waals surface area (Å²) in [5.74, 6) is 0.686. The molecule has 4 N–H and O–H groups in total. The second kappa shape index (κ2) is 5.32. The standard InChI is InChI=1S/C15H18N6O2/c1-8-2-10(6-22)23-15(8)21-5-11(9-3-19-20-4-9)12-13(16)17-7-18-14(12)21/h3-5,7-8,10,15,22H,2,6H2,1H3,(H,19,20)(H2,16,17,18)/t8?,10-,15+/m0/s1. The molecule has 4 rings (SSSR count). The number of hydrogen-bond donors (Lipinski definition) is 3. The number of aliphatic hydroxyl groups excluding tert-OH is 1. The molecular formula is C15H18N6O2. The second-order valence-corrected chi connectivity index (χ2v) is 5.94. The van der Waals surface area contributed by atoms with Gasteiger partial charge < -0.3 is 20.1 Å². The number of hydrogen-bond acceptors (Lipinski definition) is 6. The minimum atomic E-state index is -0.190. The largest absolute Gasteiger partial charge is 0.394 e. The maximum Gasteiger partial charge on any atom is 0.148 e. The van der Waals surface area contributed by atoms with Gasteiger partial charge in [-0.25, -0.2) is 9.97 Å². The maximum absolute atomic E-state index is 9.37. The van der Waals surface area contributed by atoms with Crippen molar-refractivity contribution in [2.45, 2.75) is 25.7 Å². The van der Waals surface area contributed by atoms with E-state index in [1.54, 1.807) is 12.4 Å². The van der Waals surface area contributed by atoms with E-state index in [0.717, 1.165) is 28.6 Å². The van der Waals surface area contributed by atoms with E-state index in [9.17, 15) is 5.11 Å². The van der Waals surface area contributed by atoms with Gasteiger partial charge in [0.1, 0.15) is 24.0 Å². The smallest absolute Gasteiger partial charge is 0.148 e. The summed E-state index contributed by atoms with van der Waals surface area (Å²) in [7, 11) is 0. The van der Waals surface area contributed by atoms with Crippen LogP contribution < -0.4 is 5.73 Å². The van der Waals surface area contributed by atoms with Crippen LogP contribution >= 0.6 is 0 Å². The summed E-state index contributed by atoms with van der Waals surface area (Å²) < 4.78 is 7.96. The van der Waals surface area contributed by atoms with Crippen molar-refractivity contribution in [1.29, 1.82) is 0 Å². The SMILES string of the molecule is CC1C[C@@H](CO)O[C@H]1n1cc(-c2cn[nH]c2)c2c(N)ncnc21. The molecule has 1 aliphatic rings. The Morgan fingerprint density at radius 2 is 2.35 bits per heavy atom. The van der Waals surface area contributed by atoms with Gasteiger partial charge in [0.05, 0.1) is 24.3 Å². The van der Waals surface area contributed by atoms with Crippen molar-refractivity contribution in [3.05, 3.63) is 24.9 Å². The lowest BCUT2D eigenvalue weighted by atomic mass is 10.1. The van der Waals surface area contributed by atoms with Gasteiger partial charge in [-0.1, -0.05) is 6.92 Å². The molecule has 0 spiro atoms. The summed E-state index contributed by atoms with van der Waals surface area (Å²) in [5.41, 5.74) is 8.64. The Labute approximate surface area is 132 Å². The van der Waals surface area contributed by atoms with Crippen molar-refractivity contribution in [3.63, 3.8) is 0 Å². The molecule has 1 aliphatic heterocycles. The summed E-state index contributed by atoms with van der Waals surface area (Å²) in [6.07, 6.45) is 7.44. The molecule has 3 atom stereocenters. The van der Waals surface area contributed by atoms with Crippen molar-refractivity contribution in [2.24, 2.45) is 5.92 Å². The number of aromatic amines is 1. The second-order valence-electron chi connectivity index (χ2n) is 5.94. The number of aliphatic hydroxyl groups is 1. The molecule has 0 aliphatic carbocycles. The number of nitrogens with one attached hydrogen (secondary N) is 1. The molecule has 3 aromatic rings. The Balaban J connectivity index is 1.90. The Morgan fingerprint density at radius 1 is 1.48 bits per heavy atom. The topological polar surface area (TPSA) is 115 Å². The molecule has 8 heteroatoms. The van der Waals surface area contributed by atoms with Crippen LogP contribution in [0.1, 0.15) is 19.6 Å². The van der Waals surface area contributed by atoms with E-state index < -0.39 is 0 Å². The third-order valence-corrected chi connectivity index (χ3v) is 4.38. The van der Waals surface area contributed by atoms with Gasteiger partial charge >= 0.3 is 0 Å². The highest BCUT2D eigenvalue weighted by Gasteiger charge is 2.34. The average molecular weight is 314 g/mol. The number of ether oxygens (including phenoxy) is 1. The first-order valence-corrected chi connectivity index (χ1v) is 7.55. The van der Waals surface area contributed by atoms with Crippen molar-refractivity contribution in [3.8, 4) is 11.1 Å². The lowest BCUT2D eigenvalue weighted by Gasteiger charge is -2.18. The zero-order valence-corrected chi connectivity index (χ0v) is 12.7. The van der Waals surface area contributed by atoms with Gasteiger partial charge in [-0.3, -0.25) is 5.10 Å². The molecule has 1 unspecified atom stereocenters. The van der Waals surface area contributed by atoms with E-state index in [0.29, 0.717) is 5.82 Å². The zero-order chi connectivity index (χ0) is 16.0. The highest BCUT2D eigenvalue weighted by molar-refractivity contribution is 6.00. The summed E-state index contributed by atoms with van der Waals surface area (Å²) in [5, 5.41) is 17.0. The fourth-order valence-electron chi connectivity index (χ4n) is 3.29. The molecular weight excluding hydrogens is 296 g/mol. The Kier molecular flexibility index (Phi) is 3.28. The molecule has 23 heavy (non-hydrogen) atoms. The Bertz CT molecular complexity index is 828. The molecule has 0 aromatic carbocycles.